The van der Waals surface area contributed by atoms with Gasteiger partial charge < -0.3 is 9.47 Å². The molecule has 0 bridgehead atoms. The van der Waals surface area contributed by atoms with Gasteiger partial charge in [-0.3, -0.25) is 4.79 Å². The normalized spacial score (nSPS) is 23.6. The van der Waals surface area contributed by atoms with Crippen LogP contribution in [0.25, 0.3) is 0 Å². The van der Waals surface area contributed by atoms with Crippen molar-refractivity contribution in [2.24, 2.45) is 0 Å². The molecule has 0 N–H and O–H groups in total. The molecule has 1 atom stereocenters. The summed E-state index contributed by atoms with van der Waals surface area (Å²) in [6.07, 6.45) is 1.50. The number of carbonyl (C=O) groups is 1. The van der Waals surface area contributed by atoms with E-state index in [-0.39, 0.29) is 5.97 Å². The highest BCUT2D eigenvalue weighted by Gasteiger charge is 2.39. The first-order chi connectivity index (χ1) is 7.68. The molecule has 2 rings (SSSR count). The Labute approximate surface area is 95.4 Å². The van der Waals surface area contributed by atoms with Crippen LogP contribution < -0.4 is 0 Å². The maximum absolute atomic E-state index is 11.2. The molecule has 86 valence electrons. The van der Waals surface area contributed by atoms with Gasteiger partial charge in [-0.2, -0.15) is 0 Å². The standard InChI is InChI=1S/C13H16O3/c1-3-13(16-10(2)14)12-7-5-4-6-11(12)8-9-15-13/h4-7H,3,8-9H2,1-2H3. The highest BCUT2D eigenvalue weighted by molar-refractivity contribution is 5.66. The van der Waals surface area contributed by atoms with Crippen molar-refractivity contribution in [2.45, 2.75) is 32.5 Å². The molecule has 0 amide bonds. The Bertz CT molecular complexity index is 400. The third-order valence-electron chi connectivity index (χ3n) is 2.91. The molecule has 0 aromatic heterocycles. The van der Waals surface area contributed by atoms with Gasteiger partial charge in [0.1, 0.15) is 0 Å². The summed E-state index contributed by atoms with van der Waals surface area (Å²) in [6, 6.07) is 7.98. The smallest absolute Gasteiger partial charge is 0.305 e. The van der Waals surface area contributed by atoms with E-state index in [1.54, 1.807) is 0 Å². The SMILES string of the molecule is CCC1(OC(C)=O)OCCc2ccccc21. The van der Waals surface area contributed by atoms with Gasteiger partial charge in [0.05, 0.1) is 6.61 Å². The van der Waals surface area contributed by atoms with Crippen molar-refractivity contribution >= 4 is 5.97 Å². The first-order valence-corrected chi connectivity index (χ1v) is 5.60. The largest absolute Gasteiger partial charge is 0.429 e. The quantitative estimate of drug-likeness (QED) is 0.718. The Balaban J connectivity index is 2.44. The molecule has 1 unspecified atom stereocenters. The number of hydrogen-bond acceptors (Lipinski definition) is 3. The molecule has 1 aliphatic heterocycles. The van der Waals surface area contributed by atoms with E-state index in [1.165, 1.54) is 12.5 Å². The summed E-state index contributed by atoms with van der Waals surface area (Å²) in [4.78, 5) is 11.2. The van der Waals surface area contributed by atoms with Gasteiger partial charge in [0.25, 0.3) is 0 Å². The molecule has 0 aliphatic carbocycles. The molecule has 0 saturated heterocycles. The Hall–Kier alpha value is -1.35. The zero-order chi connectivity index (χ0) is 11.6. The second-order valence-electron chi connectivity index (χ2n) is 3.96. The molecule has 3 heteroatoms. The van der Waals surface area contributed by atoms with E-state index in [0.29, 0.717) is 13.0 Å². The van der Waals surface area contributed by atoms with Crippen molar-refractivity contribution < 1.29 is 14.3 Å². The number of rotatable bonds is 2. The molecule has 1 heterocycles. The molecule has 1 aromatic carbocycles. The van der Waals surface area contributed by atoms with E-state index >= 15 is 0 Å². The number of ether oxygens (including phenoxy) is 2. The molecular formula is C13H16O3. The molecule has 16 heavy (non-hydrogen) atoms. The zero-order valence-electron chi connectivity index (χ0n) is 9.66. The Morgan fingerprint density at radius 3 is 2.94 bits per heavy atom. The molecule has 0 spiro atoms. The fraction of sp³-hybridized carbons (Fsp3) is 0.462. The summed E-state index contributed by atoms with van der Waals surface area (Å²) in [6.45, 7) is 3.97. The summed E-state index contributed by atoms with van der Waals surface area (Å²) in [5, 5.41) is 0. The summed E-state index contributed by atoms with van der Waals surface area (Å²) in [7, 11) is 0. The van der Waals surface area contributed by atoms with E-state index in [0.717, 1.165) is 12.0 Å². The second-order valence-corrected chi connectivity index (χ2v) is 3.96. The van der Waals surface area contributed by atoms with Crippen LogP contribution in [0.3, 0.4) is 0 Å². The minimum atomic E-state index is -0.874. The molecule has 0 saturated carbocycles. The van der Waals surface area contributed by atoms with Crippen LogP contribution in [0.15, 0.2) is 24.3 Å². The highest BCUT2D eigenvalue weighted by Crippen LogP contribution is 2.37. The minimum Gasteiger partial charge on any atom is -0.429 e. The lowest BCUT2D eigenvalue weighted by Gasteiger charge is -2.37. The molecule has 0 fully saturated rings. The van der Waals surface area contributed by atoms with Crippen LogP contribution in [0.2, 0.25) is 0 Å². The maximum atomic E-state index is 11.2. The van der Waals surface area contributed by atoms with Gasteiger partial charge in [-0.05, 0) is 12.0 Å². The second kappa shape index (κ2) is 4.26. The third-order valence-corrected chi connectivity index (χ3v) is 2.91. The molecule has 1 aliphatic rings. The van der Waals surface area contributed by atoms with Crippen LogP contribution in [0.4, 0.5) is 0 Å². The lowest BCUT2D eigenvalue weighted by Crippen LogP contribution is -2.39. The van der Waals surface area contributed by atoms with Crippen molar-refractivity contribution in [2.75, 3.05) is 6.61 Å². The minimum absolute atomic E-state index is 0.307. The van der Waals surface area contributed by atoms with Crippen molar-refractivity contribution in [3.05, 3.63) is 35.4 Å². The summed E-state index contributed by atoms with van der Waals surface area (Å²) in [5.41, 5.74) is 2.19. The maximum Gasteiger partial charge on any atom is 0.305 e. The fourth-order valence-electron chi connectivity index (χ4n) is 2.19. The van der Waals surface area contributed by atoms with Crippen molar-refractivity contribution in [1.29, 1.82) is 0 Å². The lowest BCUT2D eigenvalue weighted by molar-refractivity contribution is -0.244. The van der Waals surface area contributed by atoms with Crippen molar-refractivity contribution in [3.8, 4) is 0 Å². The van der Waals surface area contributed by atoms with Gasteiger partial charge in [-0.1, -0.05) is 31.2 Å². The van der Waals surface area contributed by atoms with E-state index in [1.807, 2.05) is 25.1 Å². The number of hydrogen-bond donors (Lipinski definition) is 0. The number of carbonyl (C=O) groups excluding carboxylic acids is 1. The lowest BCUT2D eigenvalue weighted by atomic mass is 9.93. The van der Waals surface area contributed by atoms with Crippen LogP contribution in [0, 0.1) is 0 Å². The van der Waals surface area contributed by atoms with Crippen LogP contribution in [-0.4, -0.2) is 12.6 Å². The van der Waals surface area contributed by atoms with E-state index in [9.17, 15) is 4.79 Å². The average Bonchev–Trinajstić information content (AvgIpc) is 2.29. The van der Waals surface area contributed by atoms with Gasteiger partial charge in [-0.25, -0.2) is 0 Å². The molecule has 0 radical (unpaired) electrons. The first-order valence-electron chi connectivity index (χ1n) is 5.60. The van der Waals surface area contributed by atoms with Gasteiger partial charge in [0, 0.05) is 18.9 Å². The number of fused-ring (bicyclic) bond motifs is 1. The Morgan fingerprint density at radius 1 is 1.50 bits per heavy atom. The van der Waals surface area contributed by atoms with Gasteiger partial charge in [0.2, 0.25) is 5.79 Å². The predicted octanol–water partition coefficient (Wildman–Crippen LogP) is 2.39. The van der Waals surface area contributed by atoms with Crippen LogP contribution in [0.5, 0.6) is 0 Å². The zero-order valence-corrected chi connectivity index (χ0v) is 9.66. The monoisotopic (exact) mass is 220 g/mol. The summed E-state index contributed by atoms with van der Waals surface area (Å²) in [5.74, 6) is -1.18. The number of esters is 1. The molecule has 3 nitrogen and oxygen atoms in total. The third kappa shape index (κ3) is 1.83. The predicted molar refractivity (Wildman–Crippen MR) is 59.8 cm³/mol. The molecule has 1 aromatic rings. The van der Waals surface area contributed by atoms with Gasteiger partial charge in [0.15, 0.2) is 0 Å². The van der Waals surface area contributed by atoms with Crippen molar-refractivity contribution in [3.63, 3.8) is 0 Å². The van der Waals surface area contributed by atoms with E-state index in [2.05, 4.69) is 6.07 Å². The average molecular weight is 220 g/mol. The van der Waals surface area contributed by atoms with E-state index in [4.69, 9.17) is 9.47 Å². The highest BCUT2D eigenvalue weighted by atomic mass is 16.7. The summed E-state index contributed by atoms with van der Waals surface area (Å²) < 4.78 is 11.1. The van der Waals surface area contributed by atoms with Crippen LogP contribution in [0.1, 0.15) is 31.4 Å². The molecular weight excluding hydrogens is 204 g/mol. The Morgan fingerprint density at radius 2 is 2.25 bits per heavy atom. The Kier molecular flexibility index (Phi) is 2.97. The van der Waals surface area contributed by atoms with Crippen molar-refractivity contribution in [1.82, 2.24) is 0 Å². The topological polar surface area (TPSA) is 35.5 Å². The number of benzene rings is 1. The summed E-state index contributed by atoms with van der Waals surface area (Å²) >= 11 is 0. The fourth-order valence-corrected chi connectivity index (χ4v) is 2.19. The van der Waals surface area contributed by atoms with Crippen LogP contribution in [-0.2, 0) is 26.5 Å². The first kappa shape index (κ1) is 11.1. The van der Waals surface area contributed by atoms with E-state index < -0.39 is 5.79 Å². The van der Waals surface area contributed by atoms with Crippen LogP contribution >= 0.6 is 0 Å². The van der Waals surface area contributed by atoms with Gasteiger partial charge >= 0.3 is 5.97 Å². The van der Waals surface area contributed by atoms with Gasteiger partial charge in [-0.15, -0.1) is 0 Å².